The zero-order chi connectivity index (χ0) is 17.5. The highest BCUT2D eigenvalue weighted by Gasteiger charge is 2.10. The van der Waals surface area contributed by atoms with Gasteiger partial charge in [0, 0.05) is 28.1 Å². The van der Waals surface area contributed by atoms with E-state index in [-0.39, 0.29) is 24.7 Å². The summed E-state index contributed by atoms with van der Waals surface area (Å²) in [7, 11) is 0. The Morgan fingerprint density at radius 3 is 2.58 bits per heavy atom. The molecule has 0 unspecified atom stereocenters. The van der Waals surface area contributed by atoms with Gasteiger partial charge >= 0.3 is 5.97 Å². The highest BCUT2D eigenvalue weighted by Crippen LogP contribution is 2.28. The lowest BCUT2D eigenvalue weighted by Gasteiger charge is -2.13. The number of esters is 1. The topological polar surface area (TPSA) is 55.8 Å². The van der Waals surface area contributed by atoms with Gasteiger partial charge in [-0.05, 0) is 37.1 Å². The molecule has 0 atom stereocenters. The van der Waals surface area contributed by atoms with Crippen LogP contribution in [0.15, 0.2) is 36.4 Å². The fraction of sp³-hybridized carbons (Fsp3) is 0.278. The van der Waals surface area contributed by atoms with Gasteiger partial charge in [-0.1, -0.05) is 35.3 Å². The summed E-state index contributed by atoms with van der Waals surface area (Å²) in [6.45, 7) is 2.35. The van der Waals surface area contributed by atoms with Crippen LogP contribution in [0.5, 0.6) is 11.5 Å². The summed E-state index contributed by atoms with van der Waals surface area (Å²) in [4.78, 5) is 11.5. The number of phenolic OH excluding ortho intramolecular Hbond substituents is 1. The molecule has 0 amide bonds. The Morgan fingerprint density at radius 1 is 1.12 bits per heavy atom. The summed E-state index contributed by atoms with van der Waals surface area (Å²) in [6, 6.07) is 9.97. The molecule has 2 rings (SSSR count). The van der Waals surface area contributed by atoms with Crippen LogP contribution in [0.25, 0.3) is 0 Å². The van der Waals surface area contributed by atoms with E-state index in [2.05, 4.69) is 0 Å². The van der Waals surface area contributed by atoms with E-state index >= 15 is 0 Å². The van der Waals surface area contributed by atoms with Crippen LogP contribution in [0, 0.1) is 0 Å². The molecule has 4 nitrogen and oxygen atoms in total. The van der Waals surface area contributed by atoms with Crippen molar-refractivity contribution >= 4 is 29.2 Å². The SMILES string of the molecule is CCOC(=O)CCc1ccc(O)cc1OCc1ccc(Cl)cc1Cl. The molecule has 0 aromatic heterocycles. The van der Waals surface area contributed by atoms with Crippen LogP contribution in [0.1, 0.15) is 24.5 Å². The molecule has 2 aromatic carbocycles. The lowest BCUT2D eigenvalue weighted by molar-refractivity contribution is -0.143. The summed E-state index contributed by atoms with van der Waals surface area (Å²) in [5.74, 6) is 0.328. The average molecular weight is 369 g/mol. The molecule has 0 aliphatic heterocycles. The third-order valence-corrected chi connectivity index (χ3v) is 3.94. The first kappa shape index (κ1) is 18.4. The minimum atomic E-state index is -0.266. The molecule has 0 heterocycles. The van der Waals surface area contributed by atoms with Gasteiger partial charge in [-0.2, -0.15) is 0 Å². The number of carbonyl (C=O) groups is 1. The quantitative estimate of drug-likeness (QED) is 0.714. The Bertz CT molecular complexity index is 716. The predicted molar refractivity (Wildman–Crippen MR) is 93.9 cm³/mol. The van der Waals surface area contributed by atoms with Crippen molar-refractivity contribution in [1.29, 1.82) is 0 Å². The maximum Gasteiger partial charge on any atom is 0.306 e. The lowest BCUT2D eigenvalue weighted by Crippen LogP contribution is -2.06. The summed E-state index contributed by atoms with van der Waals surface area (Å²) in [6.07, 6.45) is 0.708. The number of ether oxygens (including phenoxy) is 2. The Morgan fingerprint density at radius 2 is 1.88 bits per heavy atom. The van der Waals surface area contributed by atoms with Crippen molar-refractivity contribution in [1.82, 2.24) is 0 Å². The number of hydrogen-bond acceptors (Lipinski definition) is 4. The van der Waals surface area contributed by atoms with Gasteiger partial charge in [-0.25, -0.2) is 0 Å². The van der Waals surface area contributed by atoms with Gasteiger partial charge in [0.25, 0.3) is 0 Å². The molecule has 24 heavy (non-hydrogen) atoms. The third-order valence-electron chi connectivity index (χ3n) is 3.35. The molecule has 0 aliphatic carbocycles. The van der Waals surface area contributed by atoms with E-state index in [1.807, 2.05) is 0 Å². The number of halogens is 2. The molecule has 0 bridgehead atoms. The maximum absolute atomic E-state index is 11.5. The first-order chi connectivity index (χ1) is 11.5. The number of benzene rings is 2. The standard InChI is InChI=1S/C18H18Cl2O4/c1-2-23-18(22)8-5-12-4-7-15(21)10-17(12)24-11-13-3-6-14(19)9-16(13)20/h3-4,6-7,9-10,21H,2,5,8,11H2,1H3. The molecule has 0 saturated heterocycles. The van der Waals surface area contributed by atoms with E-state index < -0.39 is 0 Å². The van der Waals surface area contributed by atoms with Gasteiger partial charge in [0.1, 0.15) is 18.1 Å². The van der Waals surface area contributed by atoms with Crippen LogP contribution < -0.4 is 4.74 Å². The number of aryl methyl sites for hydroxylation is 1. The molecule has 0 fully saturated rings. The number of aromatic hydroxyl groups is 1. The van der Waals surface area contributed by atoms with Crippen molar-refractivity contribution in [3.05, 3.63) is 57.6 Å². The second-order valence-electron chi connectivity index (χ2n) is 5.12. The van der Waals surface area contributed by atoms with Crippen molar-refractivity contribution in [2.75, 3.05) is 6.61 Å². The summed E-state index contributed by atoms with van der Waals surface area (Å²) in [5.41, 5.74) is 1.59. The zero-order valence-corrected chi connectivity index (χ0v) is 14.7. The van der Waals surface area contributed by atoms with E-state index in [0.29, 0.717) is 28.8 Å². The zero-order valence-electron chi connectivity index (χ0n) is 13.2. The second kappa shape index (κ2) is 8.81. The lowest BCUT2D eigenvalue weighted by atomic mass is 10.1. The number of phenols is 1. The molecule has 0 radical (unpaired) electrons. The third kappa shape index (κ3) is 5.32. The van der Waals surface area contributed by atoms with Crippen molar-refractivity contribution in [3.63, 3.8) is 0 Å². The van der Waals surface area contributed by atoms with E-state index in [9.17, 15) is 9.90 Å². The number of hydrogen-bond donors (Lipinski definition) is 1. The largest absolute Gasteiger partial charge is 0.508 e. The Hall–Kier alpha value is -1.91. The molecular formula is C18H18Cl2O4. The molecular weight excluding hydrogens is 351 g/mol. The first-order valence-corrected chi connectivity index (χ1v) is 8.29. The van der Waals surface area contributed by atoms with Crippen LogP contribution >= 0.6 is 23.2 Å². The molecule has 2 aromatic rings. The summed E-state index contributed by atoms with van der Waals surface area (Å²) < 4.78 is 10.7. The Labute approximate surface area is 150 Å². The van der Waals surface area contributed by atoms with Crippen LogP contribution in [0.4, 0.5) is 0 Å². The minimum Gasteiger partial charge on any atom is -0.508 e. The smallest absolute Gasteiger partial charge is 0.306 e. The van der Waals surface area contributed by atoms with E-state index in [0.717, 1.165) is 11.1 Å². The van der Waals surface area contributed by atoms with Gasteiger partial charge in [0.05, 0.1) is 6.61 Å². The fourth-order valence-electron chi connectivity index (χ4n) is 2.15. The molecule has 0 saturated carbocycles. The maximum atomic E-state index is 11.5. The van der Waals surface area contributed by atoms with Crippen LogP contribution in [-0.2, 0) is 22.6 Å². The normalized spacial score (nSPS) is 10.5. The Kier molecular flexibility index (Phi) is 6.76. The second-order valence-corrected chi connectivity index (χ2v) is 5.97. The van der Waals surface area contributed by atoms with Crippen LogP contribution in [0.3, 0.4) is 0 Å². The van der Waals surface area contributed by atoms with Gasteiger partial charge in [-0.15, -0.1) is 0 Å². The summed E-state index contributed by atoms with van der Waals surface area (Å²) >= 11 is 12.0. The summed E-state index contributed by atoms with van der Waals surface area (Å²) in [5, 5.41) is 10.7. The molecule has 128 valence electrons. The van der Waals surface area contributed by atoms with Crippen molar-refractivity contribution in [2.45, 2.75) is 26.4 Å². The van der Waals surface area contributed by atoms with Crippen molar-refractivity contribution < 1.29 is 19.4 Å². The minimum absolute atomic E-state index is 0.0899. The monoisotopic (exact) mass is 368 g/mol. The van der Waals surface area contributed by atoms with Gasteiger partial charge in [-0.3, -0.25) is 4.79 Å². The number of rotatable bonds is 7. The average Bonchev–Trinajstić information content (AvgIpc) is 2.53. The van der Waals surface area contributed by atoms with Crippen molar-refractivity contribution in [2.24, 2.45) is 0 Å². The van der Waals surface area contributed by atoms with E-state index in [1.165, 1.54) is 6.07 Å². The van der Waals surface area contributed by atoms with E-state index in [4.69, 9.17) is 32.7 Å². The highest BCUT2D eigenvalue weighted by molar-refractivity contribution is 6.35. The Balaban J connectivity index is 2.08. The van der Waals surface area contributed by atoms with Crippen LogP contribution in [-0.4, -0.2) is 17.7 Å². The predicted octanol–water partition coefficient (Wildman–Crippen LogP) is 4.77. The van der Waals surface area contributed by atoms with Gasteiger partial charge < -0.3 is 14.6 Å². The fourth-order valence-corrected chi connectivity index (χ4v) is 2.61. The van der Waals surface area contributed by atoms with Crippen LogP contribution in [0.2, 0.25) is 10.0 Å². The number of carbonyl (C=O) groups excluding carboxylic acids is 1. The van der Waals surface area contributed by atoms with Crippen molar-refractivity contribution in [3.8, 4) is 11.5 Å². The van der Waals surface area contributed by atoms with Gasteiger partial charge in [0.15, 0.2) is 0 Å². The molecule has 0 aliphatic rings. The molecule has 0 spiro atoms. The molecule has 1 N–H and O–H groups in total. The van der Waals surface area contributed by atoms with Gasteiger partial charge in [0.2, 0.25) is 0 Å². The highest BCUT2D eigenvalue weighted by atomic mass is 35.5. The first-order valence-electron chi connectivity index (χ1n) is 7.54. The van der Waals surface area contributed by atoms with E-state index in [1.54, 1.807) is 37.3 Å². The molecule has 6 heteroatoms.